The fraction of sp³-hybridized carbons (Fsp3) is 0.333. The SMILES string of the molecule is NC(=O)c1c2c(nn1-c1ccc(Oc3ccc(F)cc3)cc1)C(C1CCNCC1)CCN2. The number of hydrogen-bond donors (Lipinski definition) is 3. The molecule has 1 aromatic heterocycles. The van der Waals surface area contributed by atoms with Crippen molar-refractivity contribution < 1.29 is 13.9 Å². The highest BCUT2D eigenvalue weighted by Gasteiger charge is 2.35. The van der Waals surface area contributed by atoms with Crippen LogP contribution in [0, 0.1) is 11.7 Å². The van der Waals surface area contributed by atoms with Crippen LogP contribution < -0.4 is 21.1 Å². The van der Waals surface area contributed by atoms with Crippen molar-refractivity contribution >= 4 is 11.6 Å². The van der Waals surface area contributed by atoms with Crippen molar-refractivity contribution in [2.45, 2.75) is 25.2 Å². The van der Waals surface area contributed by atoms with Crippen LogP contribution in [0.2, 0.25) is 0 Å². The van der Waals surface area contributed by atoms with Crippen LogP contribution in [-0.2, 0) is 0 Å². The molecule has 1 amide bonds. The molecule has 0 saturated carbocycles. The fourth-order valence-corrected chi connectivity index (χ4v) is 4.77. The lowest BCUT2D eigenvalue weighted by Crippen LogP contribution is -2.33. The molecule has 3 heterocycles. The summed E-state index contributed by atoms with van der Waals surface area (Å²) in [5.74, 6) is 1.18. The number of aromatic nitrogens is 2. The van der Waals surface area contributed by atoms with Crippen LogP contribution in [0.3, 0.4) is 0 Å². The van der Waals surface area contributed by atoms with Gasteiger partial charge in [-0.3, -0.25) is 4.79 Å². The van der Waals surface area contributed by atoms with Gasteiger partial charge in [0, 0.05) is 12.5 Å². The summed E-state index contributed by atoms with van der Waals surface area (Å²) >= 11 is 0. The first-order valence-corrected chi connectivity index (χ1v) is 11.0. The molecule has 0 bridgehead atoms. The van der Waals surface area contributed by atoms with Crippen LogP contribution in [0.5, 0.6) is 11.5 Å². The van der Waals surface area contributed by atoms with Crippen molar-refractivity contribution in [1.82, 2.24) is 15.1 Å². The van der Waals surface area contributed by atoms with E-state index < -0.39 is 5.91 Å². The molecule has 166 valence electrons. The molecule has 3 aromatic rings. The van der Waals surface area contributed by atoms with E-state index in [1.807, 2.05) is 12.1 Å². The fourth-order valence-electron chi connectivity index (χ4n) is 4.77. The Labute approximate surface area is 185 Å². The Morgan fingerprint density at radius 2 is 1.66 bits per heavy atom. The van der Waals surface area contributed by atoms with Gasteiger partial charge in [-0.15, -0.1) is 0 Å². The monoisotopic (exact) mass is 435 g/mol. The van der Waals surface area contributed by atoms with Crippen LogP contribution in [0.1, 0.15) is 41.4 Å². The van der Waals surface area contributed by atoms with Gasteiger partial charge >= 0.3 is 0 Å². The molecule has 32 heavy (non-hydrogen) atoms. The molecule has 1 unspecified atom stereocenters. The van der Waals surface area contributed by atoms with Crippen LogP contribution >= 0.6 is 0 Å². The number of nitrogens with two attached hydrogens (primary N) is 1. The first-order chi connectivity index (χ1) is 15.6. The van der Waals surface area contributed by atoms with Gasteiger partial charge in [-0.2, -0.15) is 5.10 Å². The molecule has 2 aliphatic rings. The van der Waals surface area contributed by atoms with Crippen molar-refractivity contribution in [3.05, 3.63) is 65.7 Å². The number of halogens is 1. The van der Waals surface area contributed by atoms with E-state index in [0.29, 0.717) is 29.0 Å². The Hall–Kier alpha value is -3.39. The molecule has 0 aliphatic carbocycles. The van der Waals surface area contributed by atoms with E-state index in [4.69, 9.17) is 15.6 Å². The van der Waals surface area contributed by atoms with Crippen molar-refractivity contribution in [3.63, 3.8) is 0 Å². The maximum atomic E-state index is 13.1. The first kappa shape index (κ1) is 20.5. The summed E-state index contributed by atoms with van der Waals surface area (Å²) in [6, 6.07) is 13.1. The maximum Gasteiger partial charge on any atom is 0.269 e. The normalized spacial score (nSPS) is 18.6. The Morgan fingerprint density at radius 3 is 2.31 bits per heavy atom. The quantitative estimate of drug-likeness (QED) is 0.567. The number of rotatable bonds is 5. The zero-order valence-corrected chi connectivity index (χ0v) is 17.7. The zero-order valence-electron chi connectivity index (χ0n) is 17.7. The van der Waals surface area contributed by atoms with E-state index in [-0.39, 0.29) is 5.82 Å². The average molecular weight is 436 g/mol. The van der Waals surface area contributed by atoms with Crippen molar-refractivity contribution in [1.29, 1.82) is 0 Å². The Bertz CT molecular complexity index is 1100. The minimum absolute atomic E-state index is 0.314. The van der Waals surface area contributed by atoms with E-state index in [1.54, 1.807) is 28.9 Å². The van der Waals surface area contributed by atoms with E-state index in [2.05, 4.69) is 10.6 Å². The van der Waals surface area contributed by atoms with Gasteiger partial charge in [0.15, 0.2) is 5.69 Å². The number of ether oxygens (including phenoxy) is 1. The van der Waals surface area contributed by atoms with Gasteiger partial charge < -0.3 is 21.1 Å². The van der Waals surface area contributed by atoms with Gasteiger partial charge in [0.05, 0.1) is 17.1 Å². The highest BCUT2D eigenvalue weighted by atomic mass is 19.1. The van der Waals surface area contributed by atoms with E-state index in [1.165, 1.54) is 12.1 Å². The number of hydrogen-bond acceptors (Lipinski definition) is 5. The van der Waals surface area contributed by atoms with Crippen molar-refractivity contribution in [2.75, 3.05) is 25.0 Å². The second-order valence-corrected chi connectivity index (χ2v) is 8.34. The topological polar surface area (TPSA) is 94.2 Å². The third kappa shape index (κ3) is 3.93. The highest BCUT2D eigenvalue weighted by Crippen LogP contribution is 2.41. The largest absolute Gasteiger partial charge is 0.457 e. The number of amides is 1. The van der Waals surface area contributed by atoms with Crippen molar-refractivity contribution in [2.24, 2.45) is 11.7 Å². The first-order valence-electron chi connectivity index (χ1n) is 11.0. The summed E-state index contributed by atoms with van der Waals surface area (Å²) in [6.45, 7) is 2.84. The number of carbonyl (C=O) groups is 1. The molecular weight excluding hydrogens is 409 g/mol. The molecule has 4 N–H and O–H groups in total. The van der Waals surface area contributed by atoms with Gasteiger partial charge in [0.1, 0.15) is 17.3 Å². The highest BCUT2D eigenvalue weighted by molar-refractivity contribution is 5.98. The van der Waals surface area contributed by atoms with E-state index >= 15 is 0 Å². The standard InChI is InChI=1S/C24H26FN5O2/c25-16-1-5-18(6-2-16)32-19-7-3-17(4-8-19)30-23(24(26)31)22-21(29-30)20(11-14-28-22)15-9-12-27-13-10-15/h1-8,15,20,27-28H,9-14H2,(H2,26,31). The lowest BCUT2D eigenvalue weighted by Gasteiger charge is -2.33. The van der Waals surface area contributed by atoms with Crippen LogP contribution in [0.15, 0.2) is 48.5 Å². The maximum absolute atomic E-state index is 13.1. The molecule has 1 saturated heterocycles. The number of nitrogens with zero attached hydrogens (tertiary/aromatic N) is 2. The zero-order chi connectivity index (χ0) is 22.1. The number of anilines is 1. The van der Waals surface area contributed by atoms with Crippen LogP contribution in [0.25, 0.3) is 5.69 Å². The van der Waals surface area contributed by atoms with Gasteiger partial charge in [-0.25, -0.2) is 9.07 Å². The van der Waals surface area contributed by atoms with Gasteiger partial charge in [-0.05, 0) is 86.8 Å². The minimum Gasteiger partial charge on any atom is -0.457 e. The van der Waals surface area contributed by atoms with Gasteiger partial charge in [-0.1, -0.05) is 0 Å². The summed E-state index contributed by atoms with van der Waals surface area (Å²) in [4.78, 5) is 12.4. The minimum atomic E-state index is -0.510. The predicted molar refractivity (Wildman–Crippen MR) is 120 cm³/mol. The van der Waals surface area contributed by atoms with Crippen LogP contribution in [-0.4, -0.2) is 35.3 Å². The predicted octanol–water partition coefficient (Wildman–Crippen LogP) is 3.80. The molecule has 0 spiro atoms. The summed E-state index contributed by atoms with van der Waals surface area (Å²) in [7, 11) is 0. The molecule has 2 aliphatic heterocycles. The number of fused-ring (bicyclic) bond motifs is 1. The number of piperidine rings is 1. The lowest BCUT2D eigenvalue weighted by atomic mass is 9.79. The molecule has 0 radical (unpaired) electrons. The molecule has 5 rings (SSSR count). The Kier molecular flexibility index (Phi) is 5.53. The molecule has 1 atom stereocenters. The summed E-state index contributed by atoms with van der Waals surface area (Å²) < 4.78 is 20.5. The second-order valence-electron chi connectivity index (χ2n) is 8.34. The molecular formula is C24H26FN5O2. The van der Waals surface area contributed by atoms with E-state index in [9.17, 15) is 9.18 Å². The second kappa shape index (κ2) is 8.63. The molecule has 2 aromatic carbocycles. The number of carbonyl (C=O) groups excluding carboxylic acids is 1. The third-order valence-electron chi connectivity index (χ3n) is 6.34. The third-order valence-corrected chi connectivity index (χ3v) is 6.34. The van der Waals surface area contributed by atoms with Gasteiger partial charge in [0.25, 0.3) is 5.91 Å². The Morgan fingerprint density at radius 1 is 1.00 bits per heavy atom. The average Bonchev–Trinajstić information content (AvgIpc) is 3.22. The molecule has 8 heteroatoms. The lowest BCUT2D eigenvalue weighted by molar-refractivity contribution is 0.0993. The van der Waals surface area contributed by atoms with E-state index in [0.717, 1.165) is 56.0 Å². The summed E-state index contributed by atoms with van der Waals surface area (Å²) in [5.41, 5.74) is 8.59. The molecule has 7 nitrogen and oxygen atoms in total. The smallest absolute Gasteiger partial charge is 0.269 e. The number of nitrogens with one attached hydrogen (secondary N) is 2. The molecule has 1 fully saturated rings. The van der Waals surface area contributed by atoms with Crippen LogP contribution in [0.4, 0.5) is 10.1 Å². The number of benzene rings is 2. The van der Waals surface area contributed by atoms with Gasteiger partial charge in [0.2, 0.25) is 0 Å². The van der Waals surface area contributed by atoms with Crippen molar-refractivity contribution in [3.8, 4) is 17.2 Å². The Balaban J connectivity index is 1.46. The summed E-state index contributed by atoms with van der Waals surface area (Å²) in [5, 5.41) is 11.7. The number of primary amides is 1. The summed E-state index contributed by atoms with van der Waals surface area (Å²) in [6.07, 6.45) is 3.22.